The Labute approximate surface area is 386 Å². The van der Waals surface area contributed by atoms with E-state index in [-0.39, 0.29) is 15.5 Å². The molecule has 6 nitrogen and oxygen atoms in total. The second-order valence-corrected chi connectivity index (χ2v) is 25.9. The number of aromatic nitrogens is 2. The summed E-state index contributed by atoms with van der Waals surface area (Å²) in [4.78, 5) is 30.5. The lowest BCUT2D eigenvalue weighted by Crippen LogP contribution is -2.29. The van der Waals surface area contributed by atoms with Crippen LogP contribution in [0.15, 0.2) is 46.2 Å². The Bertz CT molecular complexity index is 2080. The summed E-state index contributed by atoms with van der Waals surface area (Å²) in [6.45, 7) is 33.2. The van der Waals surface area contributed by atoms with Crippen molar-refractivity contribution in [3.63, 3.8) is 0 Å². The summed E-state index contributed by atoms with van der Waals surface area (Å²) in [7, 11) is 0. The number of fused-ring (bicyclic) bond motifs is 2. The molecule has 2 aromatic heterocycles. The van der Waals surface area contributed by atoms with Crippen molar-refractivity contribution in [3.8, 4) is 0 Å². The van der Waals surface area contributed by atoms with Gasteiger partial charge in [-0.3, -0.25) is 9.59 Å². The molecule has 340 valence electrons. The molecule has 0 aliphatic heterocycles. The maximum atomic E-state index is 12.4. The number of H-pyrrole nitrogens is 1. The molecule has 0 radical (unpaired) electrons. The number of hydrogen-bond donors (Lipinski definition) is 2. The molecule has 0 bridgehead atoms. The van der Waals surface area contributed by atoms with Crippen LogP contribution < -0.4 is 0 Å². The Kier molecular flexibility index (Phi) is 17.7. The van der Waals surface area contributed by atoms with Crippen LogP contribution in [0.5, 0.6) is 0 Å². The molecule has 2 aliphatic carbocycles. The molecule has 61 heavy (non-hydrogen) atoms. The van der Waals surface area contributed by atoms with Gasteiger partial charge >= 0.3 is 11.9 Å². The molecule has 0 unspecified atom stereocenters. The molecular formula is C52H79BrN2O4S2. The van der Waals surface area contributed by atoms with Crippen LogP contribution in [0, 0.1) is 22.7 Å². The summed E-state index contributed by atoms with van der Waals surface area (Å²) < 4.78 is 7.92. The summed E-state index contributed by atoms with van der Waals surface area (Å²) in [6, 6.07) is 13.5. The van der Waals surface area contributed by atoms with Crippen molar-refractivity contribution in [1.29, 1.82) is 0 Å². The minimum Gasteiger partial charge on any atom is -0.481 e. The summed E-state index contributed by atoms with van der Waals surface area (Å²) in [5, 5.41) is 13.6. The topological polar surface area (TPSA) is 84.3 Å². The second kappa shape index (κ2) is 21.1. The third-order valence-electron chi connectivity index (χ3n) is 11.9. The molecule has 0 atom stereocenters. The molecule has 2 N–H and O–H groups in total. The van der Waals surface area contributed by atoms with Gasteiger partial charge in [0.05, 0.1) is 17.4 Å². The predicted octanol–water partition coefficient (Wildman–Crippen LogP) is 15.6. The Morgan fingerprint density at radius 1 is 0.770 bits per heavy atom. The van der Waals surface area contributed by atoms with E-state index in [0.717, 1.165) is 23.7 Å². The number of carbonyl (C=O) groups is 2. The van der Waals surface area contributed by atoms with Crippen molar-refractivity contribution in [2.45, 2.75) is 193 Å². The number of benzene rings is 2. The van der Waals surface area contributed by atoms with E-state index in [1.807, 2.05) is 58.1 Å². The normalized spacial score (nSPS) is 15.3. The van der Waals surface area contributed by atoms with Crippen molar-refractivity contribution >= 4 is 73.2 Å². The number of carbonyl (C=O) groups excluding carboxylic acids is 1. The smallest absolute Gasteiger partial charge is 0.311 e. The summed E-state index contributed by atoms with van der Waals surface area (Å²) in [6.07, 6.45) is 9.47. The fourth-order valence-electron chi connectivity index (χ4n) is 7.62. The summed E-state index contributed by atoms with van der Waals surface area (Å²) in [5.74, 6) is 1.84. The number of rotatable bonds is 14. The van der Waals surface area contributed by atoms with Gasteiger partial charge in [-0.2, -0.15) is 0 Å². The minimum absolute atomic E-state index is 0.0639. The van der Waals surface area contributed by atoms with Gasteiger partial charge in [0.2, 0.25) is 0 Å². The molecule has 0 spiro atoms. The molecule has 9 heteroatoms. The van der Waals surface area contributed by atoms with Crippen LogP contribution >= 0.6 is 39.5 Å². The lowest BCUT2D eigenvalue weighted by atomic mass is 9.85. The Balaban J connectivity index is 0.000000237. The van der Waals surface area contributed by atoms with Crippen molar-refractivity contribution in [3.05, 3.63) is 58.9 Å². The van der Waals surface area contributed by atoms with Gasteiger partial charge in [0, 0.05) is 77.2 Å². The number of ether oxygens (including phenoxy) is 1. The fourth-order valence-corrected chi connectivity index (χ4v) is 10.6. The first-order chi connectivity index (χ1) is 28.3. The summed E-state index contributed by atoms with van der Waals surface area (Å²) in [5.41, 5.74) is 6.08. The number of carboxylic acids is 1. The molecule has 0 saturated heterocycles. The van der Waals surface area contributed by atoms with Crippen LogP contribution in [0.4, 0.5) is 0 Å². The number of thioether (sulfide) groups is 2. The van der Waals surface area contributed by atoms with Gasteiger partial charge in [-0.25, -0.2) is 0 Å². The first kappa shape index (κ1) is 51.3. The monoisotopic (exact) mass is 938 g/mol. The lowest BCUT2D eigenvalue weighted by Gasteiger charge is -2.29. The van der Waals surface area contributed by atoms with Gasteiger partial charge < -0.3 is 19.4 Å². The van der Waals surface area contributed by atoms with E-state index in [1.165, 1.54) is 86.8 Å². The van der Waals surface area contributed by atoms with Crippen molar-refractivity contribution in [2.24, 2.45) is 22.7 Å². The fraction of sp³-hybridized carbons (Fsp3) is 0.654. The van der Waals surface area contributed by atoms with Gasteiger partial charge in [-0.05, 0) is 107 Å². The highest BCUT2D eigenvalue weighted by Crippen LogP contribution is 2.45. The van der Waals surface area contributed by atoms with E-state index >= 15 is 0 Å². The zero-order chi connectivity index (χ0) is 45.7. The van der Waals surface area contributed by atoms with E-state index in [1.54, 1.807) is 0 Å². The number of carboxylic acid groups (broad SMARTS) is 1. The van der Waals surface area contributed by atoms with Crippen LogP contribution in [0.3, 0.4) is 0 Å². The highest BCUT2D eigenvalue weighted by molar-refractivity contribution is 9.09. The van der Waals surface area contributed by atoms with Gasteiger partial charge in [-0.1, -0.05) is 122 Å². The molecule has 0 amide bonds. The van der Waals surface area contributed by atoms with E-state index in [9.17, 15) is 14.7 Å². The maximum Gasteiger partial charge on any atom is 0.311 e. The average Bonchev–Trinajstić information content (AvgIpc) is 3.56. The first-order valence-electron chi connectivity index (χ1n) is 22.9. The molecule has 6 rings (SSSR count). The lowest BCUT2D eigenvalue weighted by molar-refractivity contribution is -0.153. The molecule has 2 fully saturated rings. The largest absolute Gasteiger partial charge is 0.481 e. The van der Waals surface area contributed by atoms with E-state index in [4.69, 9.17) is 4.74 Å². The molecule has 2 aliphatic rings. The number of aliphatic carboxylic acids is 1. The number of hydrogen-bond acceptors (Lipinski definition) is 5. The highest BCUT2D eigenvalue weighted by Gasteiger charge is 2.35. The predicted molar refractivity (Wildman–Crippen MR) is 267 cm³/mol. The van der Waals surface area contributed by atoms with Gasteiger partial charge in [0.1, 0.15) is 0 Å². The van der Waals surface area contributed by atoms with E-state index < -0.39 is 16.8 Å². The number of aromatic amines is 1. The number of esters is 1. The molecular weight excluding hydrogens is 861 g/mol. The van der Waals surface area contributed by atoms with Crippen LogP contribution in [0.1, 0.15) is 177 Å². The average molecular weight is 940 g/mol. The van der Waals surface area contributed by atoms with Gasteiger partial charge in [-0.15, -0.1) is 23.5 Å². The Morgan fingerprint density at radius 3 is 1.74 bits per heavy atom. The van der Waals surface area contributed by atoms with Gasteiger partial charge in [0.25, 0.3) is 0 Å². The number of nitrogens with zero attached hydrogens (tertiary/aromatic N) is 1. The van der Waals surface area contributed by atoms with Crippen LogP contribution in [0.25, 0.3) is 21.8 Å². The highest BCUT2D eigenvalue weighted by atomic mass is 79.9. The third-order valence-corrected chi connectivity index (χ3v) is 15.4. The number of halogens is 1. The maximum absolute atomic E-state index is 12.4. The summed E-state index contributed by atoms with van der Waals surface area (Å²) >= 11 is 7.17. The number of alkyl halides is 1. The van der Waals surface area contributed by atoms with E-state index in [2.05, 4.69) is 131 Å². The van der Waals surface area contributed by atoms with Crippen molar-refractivity contribution < 1.29 is 19.4 Å². The Hall–Kier alpha value is -2.36. The zero-order valence-corrected chi connectivity index (χ0v) is 43.6. The van der Waals surface area contributed by atoms with Crippen molar-refractivity contribution in [2.75, 3.05) is 11.9 Å². The quantitative estimate of drug-likeness (QED) is 0.0744. The Morgan fingerprint density at radius 2 is 1.30 bits per heavy atom. The SMILES string of the molecule is BrCC1CCC1.CC(C)c1ccc2c(SC(C)(C)C)c(CC(C)(C)C(=O)O)n(CC3CCC3)c2c1.CCOC(=O)C(C)(C)Cc1[nH]c2cc(C(C)C)ccc2c1SC(C)(C)C. The molecule has 2 saturated carbocycles. The molecule has 2 heterocycles. The second-order valence-electron chi connectivity index (χ2n) is 21.5. The third kappa shape index (κ3) is 14.1. The van der Waals surface area contributed by atoms with Gasteiger partial charge in [0.15, 0.2) is 0 Å². The zero-order valence-electron chi connectivity index (χ0n) is 40.4. The van der Waals surface area contributed by atoms with Crippen LogP contribution in [-0.2, 0) is 33.7 Å². The first-order valence-corrected chi connectivity index (χ1v) is 25.7. The number of nitrogens with one attached hydrogen (secondary N) is 1. The standard InChI is InChI=1S/C25H37NO2S.C22H33NO2S.C5H9Br/c1-16(2)18-11-12-19-20(13-18)26(15-17-9-8-10-17)21(14-25(6,7)23(27)28)22(19)29-24(3,4)5;1-9-25-20(24)22(7,8)13-18-19(26-21(4,5)6)16-11-10-15(14(2)3)12-17(16)23-18;6-4-5-2-1-3-5/h11-13,16-17H,8-10,14-15H2,1-7H3,(H,27,28);10-12,14,23H,9,13H2,1-8H3;5H,1-4H2. The van der Waals surface area contributed by atoms with Crippen molar-refractivity contribution in [1.82, 2.24) is 9.55 Å². The van der Waals surface area contributed by atoms with Crippen LogP contribution in [0.2, 0.25) is 0 Å². The van der Waals surface area contributed by atoms with Crippen LogP contribution in [-0.4, -0.2) is 48.0 Å². The molecule has 2 aromatic carbocycles. The minimum atomic E-state index is -0.792. The van der Waals surface area contributed by atoms with E-state index in [0.29, 0.717) is 37.2 Å². The molecule has 4 aromatic rings.